The molecule has 118 valence electrons. The van der Waals surface area contributed by atoms with E-state index in [0.29, 0.717) is 6.42 Å². The summed E-state index contributed by atoms with van der Waals surface area (Å²) < 4.78 is 31.3. The molecule has 1 aromatic carbocycles. The van der Waals surface area contributed by atoms with Gasteiger partial charge in [0, 0.05) is 0 Å². The number of hydrogen-bond donors (Lipinski definition) is 0. The zero-order chi connectivity index (χ0) is 16.3. The SMILES string of the molecule is C=CC/C(=C\C)C1COC(=O)N1S(=O)(=O)c1ccc(C)cc1. The molecule has 0 N–H and O–H groups in total. The molecule has 1 heterocycles. The third kappa shape index (κ3) is 2.92. The standard InChI is InChI=1S/C16H19NO4S/c1-4-6-13(5-2)15-11-21-16(18)17(15)22(19,20)14-9-7-12(3)8-10-14/h4-5,7-10,15H,1,6,11H2,2-3H3/b13-5+. The third-order valence-corrected chi connectivity index (χ3v) is 5.37. The Morgan fingerprint density at radius 2 is 2.05 bits per heavy atom. The molecule has 1 aliphatic heterocycles. The van der Waals surface area contributed by atoms with Crippen LogP contribution in [0.1, 0.15) is 18.9 Å². The van der Waals surface area contributed by atoms with E-state index in [2.05, 4.69) is 6.58 Å². The molecule has 0 aliphatic carbocycles. The number of benzene rings is 1. The highest BCUT2D eigenvalue weighted by Gasteiger charge is 2.43. The average molecular weight is 321 g/mol. The molecule has 1 atom stereocenters. The highest BCUT2D eigenvalue weighted by molar-refractivity contribution is 7.89. The first-order chi connectivity index (χ1) is 10.4. The number of ether oxygens (including phenoxy) is 1. The summed E-state index contributed by atoms with van der Waals surface area (Å²) in [6, 6.07) is 5.77. The van der Waals surface area contributed by atoms with E-state index in [1.807, 2.05) is 6.92 Å². The lowest BCUT2D eigenvalue weighted by molar-refractivity contribution is 0.170. The van der Waals surface area contributed by atoms with Gasteiger partial charge in [0.15, 0.2) is 0 Å². The predicted octanol–water partition coefficient (Wildman–Crippen LogP) is 3.03. The average Bonchev–Trinajstić information content (AvgIpc) is 2.87. The van der Waals surface area contributed by atoms with Crippen LogP contribution in [0, 0.1) is 6.92 Å². The largest absolute Gasteiger partial charge is 0.446 e. The van der Waals surface area contributed by atoms with Gasteiger partial charge in [-0.05, 0) is 38.0 Å². The van der Waals surface area contributed by atoms with Gasteiger partial charge in [-0.3, -0.25) is 0 Å². The number of amides is 1. The summed E-state index contributed by atoms with van der Waals surface area (Å²) in [6.45, 7) is 7.35. The lowest BCUT2D eigenvalue weighted by Gasteiger charge is -2.23. The number of rotatable bonds is 5. The van der Waals surface area contributed by atoms with Crippen molar-refractivity contribution in [2.75, 3.05) is 6.61 Å². The molecule has 1 fully saturated rings. The van der Waals surface area contributed by atoms with Crippen molar-refractivity contribution < 1.29 is 17.9 Å². The molecular weight excluding hydrogens is 302 g/mol. The smallest absolute Gasteiger partial charge is 0.424 e. The van der Waals surface area contributed by atoms with Crippen molar-refractivity contribution in [3.8, 4) is 0 Å². The molecular formula is C16H19NO4S. The summed E-state index contributed by atoms with van der Waals surface area (Å²) in [4.78, 5) is 12.0. The Labute approximate surface area is 130 Å². The van der Waals surface area contributed by atoms with E-state index in [9.17, 15) is 13.2 Å². The van der Waals surface area contributed by atoms with Crippen LogP contribution in [0.5, 0.6) is 0 Å². The second-order valence-corrected chi connectivity index (χ2v) is 6.88. The number of cyclic esters (lactones) is 1. The Kier molecular flexibility index (Phi) is 4.71. The van der Waals surface area contributed by atoms with E-state index in [-0.39, 0.29) is 11.5 Å². The van der Waals surface area contributed by atoms with Crippen molar-refractivity contribution in [1.29, 1.82) is 0 Å². The highest BCUT2D eigenvalue weighted by Crippen LogP contribution is 2.29. The van der Waals surface area contributed by atoms with Gasteiger partial charge in [0.1, 0.15) is 12.6 Å². The van der Waals surface area contributed by atoms with Crippen molar-refractivity contribution in [2.24, 2.45) is 0 Å². The molecule has 1 aliphatic rings. The number of carbonyl (C=O) groups excluding carboxylic acids is 1. The van der Waals surface area contributed by atoms with Crippen LogP contribution in [0.4, 0.5) is 4.79 Å². The lowest BCUT2D eigenvalue weighted by Crippen LogP contribution is -2.40. The molecule has 0 aromatic heterocycles. The molecule has 0 spiro atoms. The molecule has 0 saturated carbocycles. The van der Waals surface area contributed by atoms with Gasteiger partial charge < -0.3 is 4.74 Å². The quantitative estimate of drug-likeness (QED) is 0.782. The zero-order valence-electron chi connectivity index (χ0n) is 12.7. The number of nitrogens with zero attached hydrogens (tertiary/aromatic N) is 1. The highest BCUT2D eigenvalue weighted by atomic mass is 32.2. The van der Waals surface area contributed by atoms with Gasteiger partial charge in [0.05, 0.1) is 4.90 Å². The Balaban J connectivity index is 2.44. The van der Waals surface area contributed by atoms with E-state index in [1.165, 1.54) is 12.1 Å². The predicted molar refractivity (Wildman–Crippen MR) is 83.9 cm³/mol. The van der Waals surface area contributed by atoms with Crippen molar-refractivity contribution in [2.45, 2.75) is 31.2 Å². The summed E-state index contributed by atoms with van der Waals surface area (Å²) >= 11 is 0. The topological polar surface area (TPSA) is 63.7 Å². The van der Waals surface area contributed by atoms with E-state index in [4.69, 9.17) is 4.74 Å². The molecule has 2 rings (SSSR count). The second kappa shape index (κ2) is 6.36. The van der Waals surface area contributed by atoms with Crippen LogP contribution in [-0.4, -0.2) is 31.5 Å². The first-order valence-electron chi connectivity index (χ1n) is 6.95. The number of allylic oxidation sites excluding steroid dienone is 2. The maximum absolute atomic E-state index is 12.8. The van der Waals surface area contributed by atoms with Gasteiger partial charge in [-0.15, -0.1) is 6.58 Å². The van der Waals surface area contributed by atoms with Crippen molar-refractivity contribution in [1.82, 2.24) is 4.31 Å². The number of carbonyl (C=O) groups is 1. The molecule has 6 heteroatoms. The minimum Gasteiger partial charge on any atom is -0.446 e. The minimum atomic E-state index is -3.94. The van der Waals surface area contributed by atoms with Crippen LogP contribution in [0.25, 0.3) is 0 Å². The van der Waals surface area contributed by atoms with E-state index in [0.717, 1.165) is 15.4 Å². The van der Waals surface area contributed by atoms with Crippen LogP contribution < -0.4 is 0 Å². The monoisotopic (exact) mass is 321 g/mol. The van der Waals surface area contributed by atoms with Crippen LogP contribution in [-0.2, 0) is 14.8 Å². The molecule has 0 radical (unpaired) electrons. The maximum Gasteiger partial charge on any atom is 0.424 e. The molecule has 5 nitrogen and oxygen atoms in total. The van der Waals surface area contributed by atoms with E-state index >= 15 is 0 Å². The Bertz CT molecular complexity index is 704. The maximum atomic E-state index is 12.8. The number of sulfonamides is 1. The van der Waals surface area contributed by atoms with Crippen molar-refractivity contribution >= 4 is 16.1 Å². The fraction of sp³-hybridized carbons (Fsp3) is 0.312. The first-order valence-corrected chi connectivity index (χ1v) is 8.39. The molecule has 22 heavy (non-hydrogen) atoms. The van der Waals surface area contributed by atoms with Crippen LogP contribution in [0.3, 0.4) is 0 Å². The summed E-state index contributed by atoms with van der Waals surface area (Å²) in [5.41, 5.74) is 1.73. The minimum absolute atomic E-state index is 0.0252. The van der Waals surface area contributed by atoms with Crippen molar-refractivity contribution in [3.05, 3.63) is 54.1 Å². The Morgan fingerprint density at radius 1 is 1.41 bits per heavy atom. The van der Waals surface area contributed by atoms with Crippen LogP contribution >= 0.6 is 0 Å². The lowest BCUT2D eigenvalue weighted by atomic mass is 10.1. The second-order valence-electron chi connectivity index (χ2n) is 5.06. The fourth-order valence-corrected chi connectivity index (χ4v) is 3.86. The molecule has 1 aromatic rings. The summed E-state index contributed by atoms with van der Waals surface area (Å²) in [7, 11) is -3.94. The fourth-order valence-electron chi connectivity index (χ4n) is 2.37. The third-order valence-electron chi connectivity index (χ3n) is 3.58. The Hall–Kier alpha value is -2.08. The van der Waals surface area contributed by atoms with Crippen LogP contribution in [0.2, 0.25) is 0 Å². The van der Waals surface area contributed by atoms with Crippen molar-refractivity contribution in [3.63, 3.8) is 0 Å². The van der Waals surface area contributed by atoms with Gasteiger partial charge in [0.25, 0.3) is 10.0 Å². The van der Waals surface area contributed by atoms with Gasteiger partial charge in [0.2, 0.25) is 0 Å². The zero-order valence-corrected chi connectivity index (χ0v) is 13.5. The summed E-state index contributed by atoms with van der Waals surface area (Å²) in [5, 5.41) is 0. The van der Waals surface area contributed by atoms with Gasteiger partial charge in [-0.1, -0.05) is 29.8 Å². The molecule has 1 saturated heterocycles. The number of aryl methyl sites for hydroxylation is 1. The molecule has 1 amide bonds. The first kappa shape index (κ1) is 16.3. The molecule has 1 unspecified atom stereocenters. The van der Waals surface area contributed by atoms with Gasteiger partial charge in [-0.25, -0.2) is 13.2 Å². The summed E-state index contributed by atoms with van der Waals surface area (Å²) in [6.07, 6.45) is 3.13. The molecule has 0 bridgehead atoms. The Morgan fingerprint density at radius 3 is 2.59 bits per heavy atom. The summed E-state index contributed by atoms with van der Waals surface area (Å²) in [5.74, 6) is 0. The van der Waals surface area contributed by atoms with Crippen LogP contribution in [0.15, 0.2) is 53.5 Å². The van der Waals surface area contributed by atoms with E-state index < -0.39 is 22.2 Å². The number of hydrogen-bond acceptors (Lipinski definition) is 4. The van der Waals surface area contributed by atoms with Gasteiger partial charge in [-0.2, -0.15) is 4.31 Å². The van der Waals surface area contributed by atoms with E-state index in [1.54, 1.807) is 31.2 Å². The van der Waals surface area contributed by atoms with Gasteiger partial charge >= 0.3 is 6.09 Å². The normalized spacial score (nSPS) is 19.2.